The maximum atomic E-state index is 10.6. The number of nitro groups is 1. The van der Waals surface area contributed by atoms with Crippen molar-refractivity contribution in [2.75, 3.05) is 5.32 Å². The zero-order chi connectivity index (χ0) is 14.7. The molecule has 0 aliphatic rings. The van der Waals surface area contributed by atoms with E-state index in [1.807, 2.05) is 13.0 Å². The molecule has 0 atom stereocenters. The summed E-state index contributed by atoms with van der Waals surface area (Å²) in [5.74, 6) is 0.966. The standard InChI is InChI=1S/C12H11N5O3/c1-7-11(8(2)20-16-7)6-15-12-9(4-13)3-10(5-14-12)17(18)19/h3,5H,6H2,1-2H3,(H,14,15). The van der Waals surface area contributed by atoms with Crippen LogP contribution in [-0.2, 0) is 6.54 Å². The molecule has 8 nitrogen and oxygen atoms in total. The van der Waals surface area contributed by atoms with Crippen LogP contribution < -0.4 is 5.32 Å². The van der Waals surface area contributed by atoms with Crippen LogP contribution in [0.15, 0.2) is 16.8 Å². The van der Waals surface area contributed by atoms with E-state index in [-0.39, 0.29) is 17.1 Å². The number of anilines is 1. The first-order valence-corrected chi connectivity index (χ1v) is 5.73. The molecule has 102 valence electrons. The molecule has 0 saturated carbocycles. The number of nitriles is 1. The van der Waals surface area contributed by atoms with Gasteiger partial charge < -0.3 is 9.84 Å². The monoisotopic (exact) mass is 273 g/mol. The number of hydrogen-bond acceptors (Lipinski definition) is 7. The van der Waals surface area contributed by atoms with E-state index in [4.69, 9.17) is 9.78 Å². The van der Waals surface area contributed by atoms with Gasteiger partial charge in [0.05, 0.1) is 10.6 Å². The highest BCUT2D eigenvalue weighted by molar-refractivity contribution is 5.55. The van der Waals surface area contributed by atoms with Crippen LogP contribution in [0.25, 0.3) is 0 Å². The summed E-state index contributed by atoms with van der Waals surface area (Å²) in [7, 11) is 0. The van der Waals surface area contributed by atoms with Gasteiger partial charge in [-0.15, -0.1) is 0 Å². The van der Waals surface area contributed by atoms with E-state index in [9.17, 15) is 10.1 Å². The highest BCUT2D eigenvalue weighted by Gasteiger charge is 2.14. The van der Waals surface area contributed by atoms with Gasteiger partial charge in [0.25, 0.3) is 5.69 Å². The number of pyridine rings is 1. The largest absolute Gasteiger partial charge is 0.365 e. The highest BCUT2D eigenvalue weighted by Crippen LogP contribution is 2.20. The van der Waals surface area contributed by atoms with Crippen LogP contribution in [0.3, 0.4) is 0 Å². The van der Waals surface area contributed by atoms with E-state index in [0.29, 0.717) is 12.3 Å². The lowest BCUT2D eigenvalue weighted by molar-refractivity contribution is -0.385. The Morgan fingerprint density at radius 3 is 2.85 bits per heavy atom. The predicted octanol–water partition coefficient (Wildman–Crippen LogP) is 2.08. The van der Waals surface area contributed by atoms with Gasteiger partial charge in [0.2, 0.25) is 0 Å². The molecular weight excluding hydrogens is 262 g/mol. The first kappa shape index (κ1) is 13.5. The average molecular weight is 273 g/mol. The summed E-state index contributed by atoms with van der Waals surface area (Å²) >= 11 is 0. The zero-order valence-corrected chi connectivity index (χ0v) is 10.9. The van der Waals surface area contributed by atoms with Crippen LogP contribution in [0.5, 0.6) is 0 Å². The first-order valence-electron chi connectivity index (χ1n) is 5.73. The number of aryl methyl sites for hydroxylation is 2. The molecule has 2 heterocycles. The third kappa shape index (κ3) is 2.56. The fourth-order valence-electron chi connectivity index (χ4n) is 1.71. The molecule has 1 N–H and O–H groups in total. The fourth-order valence-corrected chi connectivity index (χ4v) is 1.71. The van der Waals surface area contributed by atoms with Crippen molar-refractivity contribution >= 4 is 11.5 Å². The van der Waals surface area contributed by atoms with Crippen LogP contribution in [-0.4, -0.2) is 15.1 Å². The van der Waals surface area contributed by atoms with E-state index in [0.717, 1.165) is 17.5 Å². The van der Waals surface area contributed by atoms with Gasteiger partial charge in [0, 0.05) is 18.2 Å². The quantitative estimate of drug-likeness (QED) is 0.669. The van der Waals surface area contributed by atoms with Crippen LogP contribution in [0.4, 0.5) is 11.5 Å². The minimum Gasteiger partial charge on any atom is -0.365 e. The van der Waals surface area contributed by atoms with Crippen molar-refractivity contribution < 1.29 is 9.45 Å². The molecule has 0 aliphatic carbocycles. The average Bonchev–Trinajstić information content (AvgIpc) is 2.75. The zero-order valence-electron chi connectivity index (χ0n) is 10.9. The lowest BCUT2D eigenvalue weighted by Gasteiger charge is -2.06. The molecule has 20 heavy (non-hydrogen) atoms. The second kappa shape index (κ2) is 5.36. The van der Waals surface area contributed by atoms with Crippen molar-refractivity contribution in [3.05, 3.63) is 45.0 Å². The second-order valence-corrected chi connectivity index (χ2v) is 4.11. The van der Waals surface area contributed by atoms with Crippen molar-refractivity contribution in [1.82, 2.24) is 10.1 Å². The molecule has 0 spiro atoms. The van der Waals surface area contributed by atoms with Gasteiger partial charge in [-0.1, -0.05) is 5.16 Å². The molecule has 0 saturated heterocycles. The van der Waals surface area contributed by atoms with Crippen LogP contribution >= 0.6 is 0 Å². The molecule has 2 aromatic heterocycles. The third-order valence-corrected chi connectivity index (χ3v) is 2.82. The second-order valence-electron chi connectivity index (χ2n) is 4.11. The molecule has 0 aliphatic heterocycles. The van der Waals surface area contributed by atoms with Crippen molar-refractivity contribution in [3.8, 4) is 6.07 Å². The summed E-state index contributed by atoms with van der Waals surface area (Å²) < 4.78 is 5.03. The third-order valence-electron chi connectivity index (χ3n) is 2.82. The van der Waals surface area contributed by atoms with Crippen molar-refractivity contribution in [1.29, 1.82) is 5.26 Å². The maximum absolute atomic E-state index is 10.6. The molecule has 2 aromatic rings. The van der Waals surface area contributed by atoms with Gasteiger partial charge >= 0.3 is 0 Å². The molecule has 0 fully saturated rings. The fraction of sp³-hybridized carbons (Fsp3) is 0.250. The Bertz CT molecular complexity index is 682. The minimum atomic E-state index is -0.591. The number of aromatic nitrogens is 2. The number of hydrogen-bond donors (Lipinski definition) is 1. The number of nitrogens with zero attached hydrogens (tertiary/aromatic N) is 4. The van der Waals surface area contributed by atoms with Gasteiger partial charge in [-0.2, -0.15) is 5.26 Å². The molecule has 8 heteroatoms. The summed E-state index contributed by atoms with van der Waals surface area (Å²) in [6.45, 7) is 3.97. The molecule has 0 amide bonds. The number of rotatable bonds is 4. The van der Waals surface area contributed by atoms with Crippen molar-refractivity contribution in [3.63, 3.8) is 0 Å². The summed E-state index contributed by atoms with van der Waals surface area (Å²) in [5, 5.41) is 26.4. The van der Waals surface area contributed by atoms with Crippen molar-refractivity contribution in [2.45, 2.75) is 20.4 Å². The van der Waals surface area contributed by atoms with Gasteiger partial charge in [0.1, 0.15) is 29.4 Å². The van der Waals surface area contributed by atoms with Gasteiger partial charge in [-0.05, 0) is 13.8 Å². The lowest BCUT2D eigenvalue weighted by atomic mass is 10.2. The normalized spacial score (nSPS) is 10.1. The first-order chi connectivity index (χ1) is 9.52. The lowest BCUT2D eigenvalue weighted by Crippen LogP contribution is -2.05. The van der Waals surface area contributed by atoms with Crippen LogP contribution in [0.1, 0.15) is 22.6 Å². The molecule has 0 aromatic carbocycles. The maximum Gasteiger partial charge on any atom is 0.289 e. The van der Waals surface area contributed by atoms with E-state index in [1.54, 1.807) is 6.92 Å². The molecular formula is C12H11N5O3. The summed E-state index contributed by atoms with van der Waals surface area (Å²) in [6, 6.07) is 3.06. The highest BCUT2D eigenvalue weighted by atomic mass is 16.6. The van der Waals surface area contributed by atoms with E-state index >= 15 is 0 Å². The van der Waals surface area contributed by atoms with E-state index in [1.165, 1.54) is 6.07 Å². The topological polar surface area (TPSA) is 118 Å². The Morgan fingerprint density at radius 2 is 2.30 bits per heavy atom. The van der Waals surface area contributed by atoms with E-state index < -0.39 is 4.92 Å². The SMILES string of the molecule is Cc1noc(C)c1CNc1ncc([N+](=O)[O-])cc1C#N. The number of nitrogens with one attached hydrogen (secondary N) is 1. The predicted molar refractivity (Wildman–Crippen MR) is 68.9 cm³/mol. The summed E-state index contributed by atoms with van der Waals surface area (Å²) in [5.41, 5.74) is 1.51. The molecule has 0 radical (unpaired) electrons. The van der Waals surface area contributed by atoms with Gasteiger partial charge in [-0.25, -0.2) is 4.98 Å². The van der Waals surface area contributed by atoms with Crippen LogP contribution in [0.2, 0.25) is 0 Å². The Morgan fingerprint density at radius 1 is 1.55 bits per heavy atom. The Balaban J connectivity index is 2.22. The van der Waals surface area contributed by atoms with Gasteiger partial charge in [0.15, 0.2) is 0 Å². The summed E-state index contributed by atoms with van der Waals surface area (Å²) in [6.07, 6.45) is 1.11. The molecule has 0 unspecified atom stereocenters. The van der Waals surface area contributed by atoms with Gasteiger partial charge in [-0.3, -0.25) is 10.1 Å². The Labute approximate surface area is 114 Å². The Hall–Kier alpha value is -2.95. The minimum absolute atomic E-state index is 0.117. The van der Waals surface area contributed by atoms with Crippen molar-refractivity contribution in [2.24, 2.45) is 0 Å². The summed E-state index contributed by atoms with van der Waals surface area (Å²) in [4.78, 5) is 13.9. The molecule has 0 bridgehead atoms. The smallest absolute Gasteiger partial charge is 0.289 e. The Kier molecular flexibility index (Phi) is 3.61. The molecule has 2 rings (SSSR count). The van der Waals surface area contributed by atoms with E-state index in [2.05, 4.69) is 15.5 Å². The van der Waals surface area contributed by atoms with Crippen LogP contribution in [0, 0.1) is 35.3 Å².